The third-order valence-electron chi connectivity index (χ3n) is 4.15. The molecule has 3 nitrogen and oxygen atoms in total. The van der Waals surface area contributed by atoms with Crippen LogP contribution in [0.4, 0.5) is 5.69 Å². The Hall–Kier alpha value is -2.33. The molecule has 0 unspecified atom stereocenters. The van der Waals surface area contributed by atoms with E-state index in [9.17, 15) is 0 Å². The summed E-state index contributed by atoms with van der Waals surface area (Å²) in [7, 11) is 0. The number of fused-ring (bicyclic) bond motifs is 1. The second-order valence-corrected chi connectivity index (χ2v) is 6.27. The van der Waals surface area contributed by atoms with Gasteiger partial charge in [0.15, 0.2) is 5.11 Å². The van der Waals surface area contributed by atoms with Crippen LogP contribution in [0.1, 0.15) is 30.0 Å². The number of aryl methyl sites for hydroxylation is 1. The van der Waals surface area contributed by atoms with Crippen molar-refractivity contribution < 1.29 is 4.74 Å². The smallest absolute Gasteiger partial charge is 0.171 e. The first kappa shape index (κ1) is 16.5. The molecule has 1 atom stereocenters. The molecule has 0 saturated carbocycles. The van der Waals surface area contributed by atoms with Crippen molar-refractivity contribution in [3.8, 4) is 5.75 Å². The zero-order chi connectivity index (χ0) is 16.8. The SMILES string of the molecule is C=CCOc1ccc(NC(=S)N[C@@H]2CCCc3ccccc32)cc1. The lowest BCUT2D eigenvalue weighted by Crippen LogP contribution is -2.34. The van der Waals surface area contributed by atoms with Crippen LogP contribution in [0, 0.1) is 0 Å². The summed E-state index contributed by atoms with van der Waals surface area (Å²) >= 11 is 5.48. The van der Waals surface area contributed by atoms with E-state index >= 15 is 0 Å². The van der Waals surface area contributed by atoms with E-state index in [1.165, 1.54) is 17.5 Å². The Bertz CT molecular complexity index is 712. The fourth-order valence-corrected chi connectivity index (χ4v) is 3.28. The normalized spacial score (nSPS) is 15.9. The van der Waals surface area contributed by atoms with Gasteiger partial charge in [-0.2, -0.15) is 0 Å². The summed E-state index contributed by atoms with van der Waals surface area (Å²) < 4.78 is 5.48. The molecule has 3 rings (SSSR count). The van der Waals surface area contributed by atoms with Crippen molar-refractivity contribution in [1.29, 1.82) is 0 Å². The summed E-state index contributed by atoms with van der Waals surface area (Å²) in [4.78, 5) is 0. The zero-order valence-electron chi connectivity index (χ0n) is 13.6. The number of ether oxygens (including phenoxy) is 1. The van der Waals surface area contributed by atoms with Gasteiger partial charge in [0.05, 0.1) is 6.04 Å². The lowest BCUT2D eigenvalue weighted by molar-refractivity contribution is 0.363. The predicted molar refractivity (Wildman–Crippen MR) is 104 cm³/mol. The molecule has 0 saturated heterocycles. The molecule has 1 aliphatic carbocycles. The second kappa shape index (κ2) is 7.97. The standard InChI is InChI=1S/C20H22N2OS/c1-2-14-23-17-12-10-16(11-13-17)21-20(24)22-19-9-5-7-15-6-3-4-8-18(15)19/h2-4,6,8,10-13,19H,1,5,7,9,14H2,(H2,21,22,24)/t19-/m1/s1. The summed E-state index contributed by atoms with van der Waals surface area (Å²) in [6.07, 6.45) is 5.17. The summed E-state index contributed by atoms with van der Waals surface area (Å²) in [5.41, 5.74) is 3.73. The summed E-state index contributed by atoms with van der Waals surface area (Å²) in [6, 6.07) is 16.6. The van der Waals surface area contributed by atoms with E-state index in [1.54, 1.807) is 6.08 Å². The van der Waals surface area contributed by atoms with Crippen molar-refractivity contribution in [2.75, 3.05) is 11.9 Å². The summed E-state index contributed by atoms with van der Waals surface area (Å²) in [5.74, 6) is 0.820. The van der Waals surface area contributed by atoms with Crippen LogP contribution in [0.2, 0.25) is 0 Å². The van der Waals surface area contributed by atoms with Gasteiger partial charge in [-0.05, 0) is 66.9 Å². The van der Waals surface area contributed by atoms with E-state index in [2.05, 4.69) is 41.5 Å². The first-order valence-corrected chi connectivity index (χ1v) is 8.66. The van der Waals surface area contributed by atoms with Gasteiger partial charge in [-0.15, -0.1) is 0 Å². The minimum absolute atomic E-state index is 0.283. The number of anilines is 1. The van der Waals surface area contributed by atoms with E-state index in [1.807, 2.05) is 24.3 Å². The van der Waals surface area contributed by atoms with E-state index in [4.69, 9.17) is 17.0 Å². The van der Waals surface area contributed by atoms with Gasteiger partial charge in [0, 0.05) is 5.69 Å². The monoisotopic (exact) mass is 338 g/mol. The van der Waals surface area contributed by atoms with Gasteiger partial charge in [-0.3, -0.25) is 0 Å². The highest BCUT2D eigenvalue weighted by atomic mass is 32.1. The lowest BCUT2D eigenvalue weighted by Gasteiger charge is -2.27. The van der Waals surface area contributed by atoms with Crippen LogP contribution >= 0.6 is 12.2 Å². The number of hydrogen-bond acceptors (Lipinski definition) is 2. The number of rotatable bonds is 5. The Morgan fingerprint density at radius 1 is 1.21 bits per heavy atom. The zero-order valence-corrected chi connectivity index (χ0v) is 14.4. The fraction of sp³-hybridized carbons (Fsp3) is 0.250. The third-order valence-corrected chi connectivity index (χ3v) is 4.37. The highest BCUT2D eigenvalue weighted by molar-refractivity contribution is 7.80. The molecule has 0 aromatic heterocycles. The van der Waals surface area contributed by atoms with Crippen LogP contribution in [-0.4, -0.2) is 11.7 Å². The van der Waals surface area contributed by atoms with Crippen molar-refractivity contribution in [2.24, 2.45) is 0 Å². The van der Waals surface area contributed by atoms with Gasteiger partial charge in [0.25, 0.3) is 0 Å². The van der Waals surface area contributed by atoms with Crippen molar-refractivity contribution in [3.63, 3.8) is 0 Å². The molecule has 1 aliphatic rings. The highest BCUT2D eigenvalue weighted by Gasteiger charge is 2.20. The molecule has 24 heavy (non-hydrogen) atoms. The van der Waals surface area contributed by atoms with Gasteiger partial charge in [0.1, 0.15) is 12.4 Å². The van der Waals surface area contributed by atoms with E-state index < -0.39 is 0 Å². The molecule has 0 bridgehead atoms. The number of benzene rings is 2. The first-order valence-electron chi connectivity index (χ1n) is 8.25. The Morgan fingerprint density at radius 3 is 2.79 bits per heavy atom. The van der Waals surface area contributed by atoms with Crippen LogP contribution in [0.25, 0.3) is 0 Å². The van der Waals surface area contributed by atoms with Crippen LogP contribution < -0.4 is 15.4 Å². The van der Waals surface area contributed by atoms with Crippen LogP contribution in [0.3, 0.4) is 0 Å². The molecule has 124 valence electrons. The van der Waals surface area contributed by atoms with Crippen LogP contribution in [-0.2, 0) is 6.42 Å². The Labute approximate surface area is 148 Å². The van der Waals surface area contributed by atoms with E-state index in [0.717, 1.165) is 24.3 Å². The fourth-order valence-electron chi connectivity index (χ4n) is 3.02. The van der Waals surface area contributed by atoms with Gasteiger partial charge in [0.2, 0.25) is 0 Å². The van der Waals surface area contributed by atoms with Crippen molar-refractivity contribution in [2.45, 2.75) is 25.3 Å². The maximum Gasteiger partial charge on any atom is 0.171 e. The molecule has 0 heterocycles. The molecule has 0 fully saturated rings. The van der Waals surface area contributed by atoms with Gasteiger partial charge in [-0.1, -0.05) is 36.9 Å². The molecule has 0 aliphatic heterocycles. The molecule has 4 heteroatoms. The molecular formula is C20H22N2OS. The molecular weight excluding hydrogens is 316 g/mol. The van der Waals surface area contributed by atoms with E-state index in [-0.39, 0.29) is 6.04 Å². The largest absolute Gasteiger partial charge is 0.490 e. The summed E-state index contributed by atoms with van der Waals surface area (Å²) in [5, 5.41) is 7.35. The summed E-state index contributed by atoms with van der Waals surface area (Å²) in [6.45, 7) is 4.15. The molecule has 2 aromatic rings. The lowest BCUT2D eigenvalue weighted by atomic mass is 9.88. The van der Waals surface area contributed by atoms with Gasteiger partial charge < -0.3 is 15.4 Å². The Balaban J connectivity index is 1.59. The van der Waals surface area contributed by atoms with Crippen molar-refractivity contribution >= 4 is 23.0 Å². The quantitative estimate of drug-likeness (QED) is 0.616. The maximum absolute atomic E-state index is 5.48. The highest BCUT2D eigenvalue weighted by Crippen LogP contribution is 2.29. The molecule has 2 N–H and O–H groups in total. The van der Waals surface area contributed by atoms with Crippen molar-refractivity contribution in [1.82, 2.24) is 5.32 Å². The Kier molecular flexibility index (Phi) is 5.49. The average molecular weight is 338 g/mol. The third kappa shape index (κ3) is 4.15. The van der Waals surface area contributed by atoms with Gasteiger partial charge in [-0.25, -0.2) is 0 Å². The number of nitrogens with one attached hydrogen (secondary N) is 2. The predicted octanol–water partition coefficient (Wildman–Crippen LogP) is 4.62. The van der Waals surface area contributed by atoms with Crippen LogP contribution in [0.5, 0.6) is 5.75 Å². The number of thiocarbonyl (C=S) groups is 1. The second-order valence-electron chi connectivity index (χ2n) is 5.87. The molecule has 0 amide bonds. The van der Waals surface area contributed by atoms with Gasteiger partial charge >= 0.3 is 0 Å². The Morgan fingerprint density at radius 2 is 2.00 bits per heavy atom. The molecule has 2 aromatic carbocycles. The minimum atomic E-state index is 0.283. The first-order chi connectivity index (χ1) is 11.8. The van der Waals surface area contributed by atoms with E-state index in [0.29, 0.717) is 11.7 Å². The van der Waals surface area contributed by atoms with Crippen molar-refractivity contribution in [3.05, 3.63) is 72.3 Å². The average Bonchev–Trinajstić information content (AvgIpc) is 2.61. The topological polar surface area (TPSA) is 33.3 Å². The maximum atomic E-state index is 5.48. The van der Waals surface area contributed by atoms with Crippen LogP contribution in [0.15, 0.2) is 61.2 Å². The number of hydrogen-bond donors (Lipinski definition) is 2. The molecule has 0 radical (unpaired) electrons. The minimum Gasteiger partial charge on any atom is -0.490 e. The molecule has 0 spiro atoms.